The maximum absolute atomic E-state index is 11.7. The van der Waals surface area contributed by atoms with E-state index in [2.05, 4.69) is 16.8 Å². The summed E-state index contributed by atoms with van der Waals surface area (Å²) in [6, 6.07) is 0. The number of ether oxygens (including phenoxy) is 1. The molecule has 0 rings (SSSR count). The second-order valence-electron chi connectivity index (χ2n) is 10.9. The highest BCUT2D eigenvalue weighted by Gasteiger charge is 2.16. The molecule has 0 bridgehead atoms. The zero-order chi connectivity index (χ0) is 28.4. The molecule has 1 atom stereocenters. The Labute approximate surface area is 227 Å². The number of hydrogen-bond donors (Lipinski definition) is 4. The fourth-order valence-electron chi connectivity index (χ4n) is 3.63. The number of nitrogens with zero attached hydrogens (tertiary/aromatic N) is 1. The van der Waals surface area contributed by atoms with Crippen LogP contribution in [0.5, 0.6) is 0 Å². The smallest absolute Gasteiger partial charge is 0.394 e. The molecule has 1 unspecified atom stereocenters. The van der Waals surface area contributed by atoms with Crippen molar-refractivity contribution in [3.63, 3.8) is 0 Å². The number of phosphoric ester groups is 1. The van der Waals surface area contributed by atoms with Crippen LogP contribution in [0.3, 0.4) is 0 Å². The van der Waals surface area contributed by atoms with E-state index < -0.39 is 7.82 Å². The van der Waals surface area contributed by atoms with E-state index in [9.17, 15) is 9.36 Å². The van der Waals surface area contributed by atoms with Gasteiger partial charge in [-0.2, -0.15) is 0 Å². The molecule has 0 aromatic heterocycles. The van der Waals surface area contributed by atoms with Crippen molar-refractivity contribution >= 4 is 13.7 Å². The van der Waals surface area contributed by atoms with Crippen LogP contribution in [-0.2, 0) is 18.6 Å². The lowest BCUT2D eigenvalue weighted by atomic mass is 10.0. The summed E-state index contributed by atoms with van der Waals surface area (Å²) in [5.74, 6) is 0.0650. The van der Waals surface area contributed by atoms with Gasteiger partial charge in [0.2, 0.25) is 5.91 Å². The van der Waals surface area contributed by atoms with Crippen molar-refractivity contribution < 1.29 is 38.0 Å². The second-order valence-corrected chi connectivity index (χ2v) is 12.1. The van der Waals surface area contributed by atoms with E-state index >= 15 is 0 Å². The van der Waals surface area contributed by atoms with E-state index in [1.165, 1.54) is 83.5 Å². The summed E-state index contributed by atoms with van der Waals surface area (Å²) in [6.07, 6.45) is 20.3. The Morgan fingerprint density at radius 2 is 1.27 bits per heavy atom. The van der Waals surface area contributed by atoms with E-state index in [0.29, 0.717) is 24.0 Å². The molecule has 0 aliphatic heterocycles. The predicted molar refractivity (Wildman–Crippen MR) is 151 cm³/mol. The number of aliphatic hydroxyl groups is 1. The number of amides is 1. The Balaban J connectivity index is 0. The number of aliphatic hydroxyl groups excluding tert-OH is 1. The van der Waals surface area contributed by atoms with Crippen molar-refractivity contribution in [3.05, 3.63) is 0 Å². The number of quaternary nitrogens is 1. The normalized spacial score (nSPS) is 12.6. The van der Waals surface area contributed by atoms with Gasteiger partial charge < -0.3 is 29.4 Å². The van der Waals surface area contributed by atoms with Gasteiger partial charge in [0.25, 0.3) is 0 Å². The monoisotopic (exact) mass is 555 g/mol. The summed E-state index contributed by atoms with van der Waals surface area (Å²) in [4.78, 5) is 28.3. The molecule has 0 fully saturated rings. The molecule has 224 valence electrons. The maximum atomic E-state index is 11.7. The van der Waals surface area contributed by atoms with Gasteiger partial charge >= 0.3 is 7.82 Å². The second kappa shape index (κ2) is 25.7. The molecular weight excluding hydrogens is 495 g/mol. The highest BCUT2D eigenvalue weighted by atomic mass is 31.2. The van der Waals surface area contributed by atoms with E-state index in [-0.39, 0.29) is 25.2 Å². The number of carbonyl (C=O) groups excluding carboxylic acids is 1. The highest BCUT2D eigenvalue weighted by molar-refractivity contribution is 7.46. The largest absolute Gasteiger partial charge is 0.469 e. The summed E-state index contributed by atoms with van der Waals surface area (Å²) >= 11 is 0. The van der Waals surface area contributed by atoms with Gasteiger partial charge in [-0.25, -0.2) is 4.57 Å². The van der Waals surface area contributed by atoms with Crippen LogP contribution >= 0.6 is 7.82 Å². The molecule has 0 aliphatic carbocycles. The Hall–Kier alpha value is -0.540. The summed E-state index contributed by atoms with van der Waals surface area (Å²) in [5, 5.41) is 11.8. The van der Waals surface area contributed by atoms with E-state index in [0.717, 1.165) is 12.8 Å². The quantitative estimate of drug-likeness (QED) is 0.0735. The van der Waals surface area contributed by atoms with Gasteiger partial charge in [0.05, 0.1) is 33.9 Å². The molecule has 0 aromatic rings. The van der Waals surface area contributed by atoms with Crippen molar-refractivity contribution in [3.8, 4) is 0 Å². The van der Waals surface area contributed by atoms with Crippen LogP contribution in [0.1, 0.15) is 110 Å². The van der Waals surface area contributed by atoms with Crippen molar-refractivity contribution in [1.29, 1.82) is 0 Å². The van der Waals surface area contributed by atoms with E-state index in [1.807, 2.05) is 21.1 Å². The highest BCUT2D eigenvalue weighted by Crippen LogP contribution is 2.35. The molecule has 37 heavy (non-hydrogen) atoms. The molecule has 9 nitrogen and oxygen atoms in total. The molecule has 0 aromatic carbocycles. The summed E-state index contributed by atoms with van der Waals surface area (Å²) < 4.78 is 20.1. The number of unbranched alkanes of at least 4 members (excludes halogenated alkanes) is 14. The third-order valence-corrected chi connectivity index (χ3v) is 6.61. The number of nitrogens with one attached hydrogen (secondary N) is 1. The predicted octanol–water partition coefficient (Wildman–Crippen LogP) is 5.17. The van der Waals surface area contributed by atoms with Crippen molar-refractivity contribution in [1.82, 2.24) is 5.32 Å². The SMILES string of the molecule is CCCCCCCCCCCCCCCCCC(=O)NCC(CO)OC.C[N+](C)(C)CCOP(=O)(O)O. The van der Waals surface area contributed by atoms with Crippen LogP contribution < -0.4 is 5.32 Å². The standard InChI is InChI=1S/C22H45NO3.C5H14NO4P/c1-3-4-5-6-7-8-9-10-11-12-13-14-15-16-17-18-22(25)23-19-21(20-24)26-2;1-6(2,3)4-5-10-11(7,8)9/h21,24H,3-20H2,1-2H3,(H,23,25);4-5H2,1-3H3,(H-,7,8,9)/p+1. The van der Waals surface area contributed by atoms with Crippen molar-refractivity contribution in [2.75, 3.05) is 54.6 Å². The number of rotatable bonds is 24. The fourth-order valence-corrected chi connectivity index (χ4v) is 3.95. The van der Waals surface area contributed by atoms with Crippen LogP contribution in [0.15, 0.2) is 0 Å². The van der Waals surface area contributed by atoms with Gasteiger partial charge in [0.1, 0.15) is 13.2 Å². The van der Waals surface area contributed by atoms with Crippen LogP contribution in [0, 0.1) is 0 Å². The number of methoxy groups -OCH3 is 1. The molecular formula is C27H60N2O7P+. The zero-order valence-corrected chi connectivity index (χ0v) is 25.5. The minimum atomic E-state index is -4.26. The van der Waals surface area contributed by atoms with Gasteiger partial charge in [0.15, 0.2) is 0 Å². The fraction of sp³-hybridized carbons (Fsp3) is 0.963. The molecule has 0 radical (unpaired) electrons. The van der Waals surface area contributed by atoms with Crippen LogP contribution in [0.25, 0.3) is 0 Å². The lowest BCUT2D eigenvalue weighted by molar-refractivity contribution is -0.870. The Bertz CT molecular complexity index is 549. The average Bonchev–Trinajstić information content (AvgIpc) is 2.81. The first-order chi connectivity index (χ1) is 17.4. The summed E-state index contributed by atoms with van der Waals surface area (Å²) in [7, 11) is 3.04. The average molecular weight is 556 g/mol. The molecule has 0 spiro atoms. The van der Waals surface area contributed by atoms with E-state index in [1.54, 1.807) is 7.11 Å². The van der Waals surface area contributed by atoms with Gasteiger partial charge in [-0.15, -0.1) is 0 Å². The lowest BCUT2D eigenvalue weighted by Gasteiger charge is -2.23. The Morgan fingerprint density at radius 1 is 0.838 bits per heavy atom. The van der Waals surface area contributed by atoms with Crippen LogP contribution in [0.2, 0.25) is 0 Å². The molecule has 0 heterocycles. The summed E-state index contributed by atoms with van der Waals surface area (Å²) in [5.41, 5.74) is 0. The molecule has 0 aliphatic rings. The van der Waals surface area contributed by atoms with E-state index in [4.69, 9.17) is 19.6 Å². The van der Waals surface area contributed by atoms with Crippen molar-refractivity contribution in [2.45, 2.75) is 116 Å². The molecule has 0 saturated heterocycles. The number of phosphoric acid groups is 1. The minimum Gasteiger partial charge on any atom is -0.394 e. The summed E-state index contributed by atoms with van der Waals surface area (Å²) in [6.45, 7) is 3.26. The first-order valence-corrected chi connectivity index (χ1v) is 15.9. The van der Waals surface area contributed by atoms with Gasteiger partial charge in [-0.1, -0.05) is 96.8 Å². The number of likely N-dealkylation sites (N-methyl/N-ethyl adjacent to an activating group) is 1. The first-order valence-electron chi connectivity index (χ1n) is 14.4. The maximum Gasteiger partial charge on any atom is 0.469 e. The molecule has 10 heteroatoms. The third-order valence-electron chi connectivity index (χ3n) is 6.09. The lowest BCUT2D eigenvalue weighted by Crippen LogP contribution is -2.37. The van der Waals surface area contributed by atoms with Gasteiger partial charge in [-0.3, -0.25) is 9.32 Å². The van der Waals surface area contributed by atoms with Gasteiger partial charge in [0, 0.05) is 20.1 Å². The zero-order valence-electron chi connectivity index (χ0n) is 24.6. The first kappa shape index (κ1) is 38.6. The Kier molecular flexibility index (Phi) is 26.8. The van der Waals surface area contributed by atoms with Crippen molar-refractivity contribution in [2.24, 2.45) is 0 Å². The number of hydrogen-bond acceptors (Lipinski definition) is 5. The number of carbonyl (C=O) groups is 1. The minimum absolute atomic E-state index is 0.0598. The third kappa shape index (κ3) is 35.5. The molecule has 4 N–H and O–H groups in total. The topological polar surface area (TPSA) is 125 Å². The van der Waals surface area contributed by atoms with Crippen LogP contribution in [0.4, 0.5) is 0 Å². The molecule has 1 amide bonds. The molecule has 0 saturated carbocycles. The van der Waals surface area contributed by atoms with Gasteiger partial charge in [-0.05, 0) is 6.42 Å². The van der Waals surface area contributed by atoms with Crippen LogP contribution in [-0.4, -0.2) is 85.9 Å². The Morgan fingerprint density at radius 3 is 1.62 bits per heavy atom.